The zero-order chi connectivity index (χ0) is 14.0. The molecule has 10 heteroatoms. The van der Waals surface area contributed by atoms with E-state index in [1.165, 1.54) is 6.07 Å². The van der Waals surface area contributed by atoms with Crippen molar-refractivity contribution in [1.29, 1.82) is 0 Å². The Kier molecular flexibility index (Phi) is 4.04. The molecule has 0 spiro atoms. The Bertz CT molecular complexity index is 678. The van der Waals surface area contributed by atoms with Crippen molar-refractivity contribution >= 4 is 26.0 Å². The van der Waals surface area contributed by atoms with Gasteiger partial charge >= 0.3 is 0 Å². The summed E-state index contributed by atoms with van der Waals surface area (Å²) in [6, 6.07) is 1.35. The molecule has 0 saturated heterocycles. The average Bonchev–Trinajstić information content (AvgIpc) is 2.93. The number of aromatic nitrogens is 2. The van der Waals surface area contributed by atoms with Gasteiger partial charge in [-0.3, -0.25) is 0 Å². The molecular formula is C9H11BrN4O4S. The van der Waals surface area contributed by atoms with Crippen molar-refractivity contribution in [1.82, 2.24) is 14.9 Å². The number of nitrogens with one attached hydrogen (secondary N) is 1. The van der Waals surface area contributed by atoms with Gasteiger partial charge in [0.25, 0.3) is 0 Å². The van der Waals surface area contributed by atoms with E-state index in [1.807, 2.05) is 0 Å². The van der Waals surface area contributed by atoms with Crippen LogP contribution >= 0.6 is 15.9 Å². The summed E-state index contributed by atoms with van der Waals surface area (Å²) in [5.74, 6) is 0.977. The summed E-state index contributed by atoms with van der Waals surface area (Å²) in [5.41, 5.74) is 5.38. The molecule has 0 aliphatic rings. The number of halogens is 1. The largest absolute Gasteiger partial charge is 0.452 e. The Morgan fingerprint density at radius 1 is 1.53 bits per heavy atom. The first-order chi connectivity index (χ1) is 8.92. The van der Waals surface area contributed by atoms with E-state index < -0.39 is 10.0 Å². The van der Waals surface area contributed by atoms with Gasteiger partial charge in [0.05, 0.1) is 13.1 Å². The lowest BCUT2D eigenvalue weighted by molar-refractivity contribution is 0.372. The van der Waals surface area contributed by atoms with Crippen LogP contribution in [0.2, 0.25) is 0 Å². The highest BCUT2D eigenvalue weighted by atomic mass is 79.9. The van der Waals surface area contributed by atoms with Crippen LogP contribution in [0.5, 0.6) is 0 Å². The maximum atomic E-state index is 12.0. The van der Waals surface area contributed by atoms with Crippen molar-refractivity contribution in [3.05, 3.63) is 28.2 Å². The van der Waals surface area contributed by atoms with E-state index >= 15 is 0 Å². The first-order valence-electron chi connectivity index (χ1n) is 5.19. The summed E-state index contributed by atoms with van der Waals surface area (Å²) in [6.45, 7) is 1.65. The summed E-state index contributed by atoms with van der Waals surface area (Å²) in [5, 5.41) is 3.56. The number of hydrogen-bond acceptors (Lipinski definition) is 7. The molecule has 3 N–H and O–H groups in total. The molecule has 0 saturated carbocycles. The first-order valence-corrected chi connectivity index (χ1v) is 7.47. The fraction of sp³-hybridized carbons (Fsp3) is 0.333. The highest BCUT2D eigenvalue weighted by Crippen LogP contribution is 2.25. The van der Waals surface area contributed by atoms with Gasteiger partial charge in [-0.15, -0.1) is 0 Å². The molecule has 2 aromatic rings. The second-order valence-electron chi connectivity index (χ2n) is 3.61. The van der Waals surface area contributed by atoms with Gasteiger partial charge in [-0.05, 0) is 22.9 Å². The van der Waals surface area contributed by atoms with Gasteiger partial charge < -0.3 is 14.7 Å². The van der Waals surface area contributed by atoms with Crippen LogP contribution < -0.4 is 10.5 Å². The summed E-state index contributed by atoms with van der Waals surface area (Å²) >= 11 is 3.03. The number of sulfonamides is 1. The van der Waals surface area contributed by atoms with Crippen LogP contribution in [0.4, 0.5) is 0 Å². The SMILES string of the molecule is Cc1noc(CNS(=O)(=O)c2cc(CN)oc2Br)n1. The molecule has 0 aromatic carbocycles. The molecule has 2 aromatic heterocycles. The van der Waals surface area contributed by atoms with Crippen molar-refractivity contribution < 1.29 is 17.4 Å². The van der Waals surface area contributed by atoms with Gasteiger partial charge in [-0.1, -0.05) is 5.16 Å². The Labute approximate surface area is 117 Å². The fourth-order valence-corrected chi connectivity index (χ4v) is 3.30. The summed E-state index contributed by atoms with van der Waals surface area (Å²) in [4.78, 5) is 3.87. The number of aryl methyl sites for hydroxylation is 1. The minimum Gasteiger partial charge on any atom is -0.452 e. The normalized spacial score (nSPS) is 11.9. The Morgan fingerprint density at radius 3 is 2.79 bits per heavy atom. The van der Waals surface area contributed by atoms with Crippen LogP contribution in [0.3, 0.4) is 0 Å². The number of hydrogen-bond donors (Lipinski definition) is 2. The number of nitrogens with two attached hydrogens (primary N) is 1. The van der Waals surface area contributed by atoms with Gasteiger partial charge in [0.2, 0.25) is 15.9 Å². The fourth-order valence-electron chi connectivity index (χ4n) is 1.33. The third kappa shape index (κ3) is 3.21. The molecule has 0 unspecified atom stereocenters. The Balaban J connectivity index is 2.15. The molecule has 0 aliphatic carbocycles. The van der Waals surface area contributed by atoms with E-state index in [0.717, 1.165) is 0 Å². The number of furan rings is 1. The van der Waals surface area contributed by atoms with Crippen molar-refractivity contribution in [2.24, 2.45) is 5.73 Å². The van der Waals surface area contributed by atoms with E-state index in [2.05, 4.69) is 30.8 Å². The lowest BCUT2D eigenvalue weighted by atomic mass is 10.5. The van der Waals surface area contributed by atoms with E-state index in [4.69, 9.17) is 14.7 Å². The summed E-state index contributed by atoms with van der Waals surface area (Å²) in [7, 11) is -3.74. The third-order valence-electron chi connectivity index (χ3n) is 2.18. The average molecular weight is 351 g/mol. The Hall–Kier alpha value is -1.23. The van der Waals surface area contributed by atoms with E-state index in [9.17, 15) is 8.42 Å². The van der Waals surface area contributed by atoms with Crippen LogP contribution in [-0.2, 0) is 23.1 Å². The Morgan fingerprint density at radius 2 is 2.26 bits per heavy atom. The number of rotatable bonds is 5. The monoisotopic (exact) mass is 350 g/mol. The number of nitrogens with zero attached hydrogens (tertiary/aromatic N) is 2. The van der Waals surface area contributed by atoms with Crippen LogP contribution in [0, 0.1) is 6.92 Å². The van der Waals surface area contributed by atoms with Gasteiger partial charge in [0.1, 0.15) is 10.7 Å². The molecule has 0 amide bonds. The second-order valence-corrected chi connectivity index (χ2v) is 6.07. The molecule has 0 radical (unpaired) electrons. The maximum absolute atomic E-state index is 12.0. The van der Waals surface area contributed by atoms with E-state index in [-0.39, 0.29) is 28.5 Å². The van der Waals surface area contributed by atoms with Crippen LogP contribution in [0.25, 0.3) is 0 Å². The van der Waals surface area contributed by atoms with E-state index in [1.54, 1.807) is 6.92 Å². The molecule has 104 valence electrons. The highest BCUT2D eigenvalue weighted by molar-refractivity contribution is 9.10. The van der Waals surface area contributed by atoms with Crippen molar-refractivity contribution in [2.75, 3.05) is 0 Å². The smallest absolute Gasteiger partial charge is 0.245 e. The van der Waals surface area contributed by atoms with Gasteiger partial charge in [0, 0.05) is 6.07 Å². The third-order valence-corrected chi connectivity index (χ3v) is 4.44. The second kappa shape index (κ2) is 5.41. The quantitative estimate of drug-likeness (QED) is 0.811. The molecule has 8 nitrogen and oxygen atoms in total. The molecular weight excluding hydrogens is 340 g/mol. The summed E-state index contributed by atoms with van der Waals surface area (Å²) < 4.78 is 36.4. The molecule has 2 heterocycles. The zero-order valence-electron chi connectivity index (χ0n) is 9.88. The zero-order valence-corrected chi connectivity index (χ0v) is 12.3. The van der Waals surface area contributed by atoms with Crippen LogP contribution in [0.15, 0.2) is 24.6 Å². The standard InChI is InChI=1S/C9H11BrN4O4S/c1-5-13-8(18-14-5)4-12-19(15,16)7-2-6(3-11)17-9(7)10/h2,12H,3-4,11H2,1H3. The van der Waals surface area contributed by atoms with Crippen LogP contribution in [-0.4, -0.2) is 18.6 Å². The lowest BCUT2D eigenvalue weighted by Gasteiger charge is -2.01. The van der Waals surface area contributed by atoms with Crippen molar-refractivity contribution in [3.63, 3.8) is 0 Å². The van der Waals surface area contributed by atoms with Gasteiger partial charge in [0.15, 0.2) is 10.5 Å². The lowest BCUT2D eigenvalue weighted by Crippen LogP contribution is -2.23. The molecule has 0 fully saturated rings. The van der Waals surface area contributed by atoms with Crippen molar-refractivity contribution in [3.8, 4) is 0 Å². The van der Waals surface area contributed by atoms with Gasteiger partial charge in [-0.2, -0.15) is 4.98 Å². The predicted molar refractivity (Wildman–Crippen MR) is 67.4 cm³/mol. The molecule has 0 atom stereocenters. The minimum atomic E-state index is -3.74. The molecule has 0 aliphatic heterocycles. The van der Waals surface area contributed by atoms with Crippen molar-refractivity contribution in [2.45, 2.75) is 24.9 Å². The predicted octanol–water partition coefficient (Wildman–Crippen LogP) is 0.671. The molecule has 2 rings (SSSR count). The molecule has 0 bridgehead atoms. The summed E-state index contributed by atoms with van der Waals surface area (Å²) in [6.07, 6.45) is 0. The van der Waals surface area contributed by atoms with Crippen LogP contribution in [0.1, 0.15) is 17.5 Å². The molecule has 19 heavy (non-hydrogen) atoms. The topological polar surface area (TPSA) is 124 Å². The first kappa shape index (κ1) is 14.2. The van der Waals surface area contributed by atoms with E-state index in [0.29, 0.717) is 11.6 Å². The minimum absolute atomic E-state index is 0.0239. The highest BCUT2D eigenvalue weighted by Gasteiger charge is 2.22. The maximum Gasteiger partial charge on any atom is 0.245 e. The van der Waals surface area contributed by atoms with Gasteiger partial charge in [-0.25, -0.2) is 13.1 Å².